The highest BCUT2D eigenvalue weighted by Gasteiger charge is 2.25. The Balaban J connectivity index is 1.14. The lowest BCUT2D eigenvalue weighted by molar-refractivity contribution is -0.132. The fourth-order valence-electron chi connectivity index (χ4n) is 4.73. The molecule has 1 amide bonds. The number of para-hydroxylation sites is 1. The normalized spacial score (nSPS) is 14.9. The van der Waals surface area contributed by atoms with Crippen molar-refractivity contribution < 1.29 is 9.32 Å². The number of hydrogen-bond donors (Lipinski definition) is 1. The van der Waals surface area contributed by atoms with Crippen molar-refractivity contribution in [2.75, 3.05) is 13.1 Å². The number of fused-ring (bicyclic) bond motifs is 1. The molecule has 1 aliphatic heterocycles. The second kappa shape index (κ2) is 9.22. The Kier molecular flexibility index (Phi) is 5.99. The van der Waals surface area contributed by atoms with E-state index in [2.05, 4.69) is 71.6 Å². The zero-order valence-corrected chi connectivity index (χ0v) is 19.3. The van der Waals surface area contributed by atoms with Crippen LogP contribution in [0.25, 0.3) is 22.3 Å². The van der Waals surface area contributed by atoms with Crippen molar-refractivity contribution in [3.63, 3.8) is 0 Å². The monoisotopic (exact) mass is 442 g/mol. The number of amides is 1. The zero-order valence-electron chi connectivity index (χ0n) is 19.3. The number of carbonyl (C=O) groups is 1. The first kappa shape index (κ1) is 21.4. The Morgan fingerprint density at radius 1 is 1.12 bits per heavy atom. The van der Waals surface area contributed by atoms with Gasteiger partial charge in [0.2, 0.25) is 17.6 Å². The van der Waals surface area contributed by atoms with E-state index in [-0.39, 0.29) is 5.91 Å². The van der Waals surface area contributed by atoms with Crippen molar-refractivity contribution in [1.82, 2.24) is 20.0 Å². The van der Waals surface area contributed by atoms with Gasteiger partial charge in [-0.2, -0.15) is 4.98 Å². The Labute approximate surface area is 194 Å². The van der Waals surface area contributed by atoms with Gasteiger partial charge in [-0.15, -0.1) is 0 Å². The number of benzene rings is 2. The summed E-state index contributed by atoms with van der Waals surface area (Å²) in [5.74, 6) is 2.23. The topological polar surface area (TPSA) is 75.0 Å². The van der Waals surface area contributed by atoms with E-state index in [0.29, 0.717) is 36.4 Å². The van der Waals surface area contributed by atoms with Crippen LogP contribution in [0.15, 0.2) is 59.3 Å². The number of carbonyl (C=O) groups excluding carboxylic acids is 1. The van der Waals surface area contributed by atoms with Gasteiger partial charge >= 0.3 is 0 Å². The van der Waals surface area contributed by atoms with E-state index in [1.54, 1.807) is 0 Å². The molecule has 6 heteroatoms. The summed E-state index contributed by atoms with van der Waals surface area (Å²) in [5, 5.41) is 5.40. The van der Waals surface area contributed by atoms with Crippen molar-refractivity contribution in [1.29, 1.82) is 0 Å². The predicted octanol–water partition coefficient (Wildman–Crippen LogP) is 5.68. The molecule has 0 saturated carbocycles. The number of aryl methyl sites for hydroxylation is 1. The van der Waals surface area contributed by atoms with Gasteiger partial charge in [-0.1, -0.05) is 61.5 Å². The molecule has 1 N–H and O–H groups in total. The van der Waals surface area contributed by atoms with E-state index in [1.807, 2.05) is 17.0 Å². The first-order chi connectivity index (χ1) is 16.1. The van der Waals surface area contributed by atoms with Crippen molar-refractivity contribution in [3.8, 4) is 11.4 Å². The first-order valence-electron chi connectivity index (χ1n) is 11.8. The molecule has 0 unspecified atom stereocenters. The van der Waals surface area contributed by atoms with Gasteiger partial charge in [0.15, 0.2) is 0 Å². The summed E-state index contributed by atoms with van der Waals surface area (Å²) in [6.07, 6.45) is 4.98. The minimum absolute atomic E-state index is 0.161. The lowest BCUT2D eigenvalue weighted by atomic mass is 9.89. The van der Waals surface area contributed by atoms with Crippen molar-refractivity contribution >= 4 is 16.8 Å². The first-order valence-corrected chi connectivity index (χ1v) is 11.8. The molecule has 0 bridgehead atoms. The van der Waals surface area contributed by atoms with Gasteiger partial charge in [-0.05, 0) is 41.9 Å². The van der Waals surface area contributed by atoms with E-state index >= 15 is 0 Å². The SMILES string of the molecule is CC(C)c1ccc(-c2noc(CCC(=O)N3CCC(c4c[nH]c5ccccc45)CC3)n2)cc1. The highest BCUT2D eigenvalue weighted by atomic mass is 16.5. The number of rotatable bonds is 6. The van der Waals surface area contributed by atoms with Crippen LogP contribution >= 0.6 is 0 Å². The molecule has 5 rings (SSSR count). The van der Waals surface area contributed by atoms with Crippen molar-refractivity contribution in [2.24, 2.45) is 0 Å². The summed E-state index contributed by atoms with van der Waals surface area (Å²) in [5.41, 5.74) is 4.76. The Morgan fingerprint density at radius 3 is 2.64 bits per heavy atom. The van der Waals surface area contributed by atoms with Crippen LogP contribution in [0.3, 0.4) is 0 Å². The summed E-state index contributed by atoms with van der Waals surface area (Å²) in [7, 11) is 0. The lowest BCUT2D eigenvalue weighted by Crippen LogP contribution is -2.38. The molecule has 2 aromatic carbocycles. The van der Waals surface area contributed by atoms with E-state index in [9.17, 15) is 4.79 Å². The van der Waals surface area contributed by atoms with Crippen LogP contribution in [0, 0.1) is 0 Å². The third-order valence-electron chi connectivity index (χ3n) is 6.77. The molecule has 0 aliphatic carbocycles. The third-order valence-corrected chi connectivity index (χ3v) is 6.77. The van der Waals surface area contributed by atoms with E-state index < -0.39 is 0 Å². The summed E-state index contributed by atoms with van der Waals surface area (Å²) < 4.78 is 5.41. The van der Waals surface area contributed by atoms with Crippen LogP contribution in [0.1, 0.15) is 62.0 Å². The van der Waals surface area contributed by atoms with Crippen LogP contribution in [0.5, 0.6) is 0 Å². The maximum absolute atomic E-state index is 12.8. The van der Waals surface area contributed by atoms with E-state index in [4.69, 9.17) is 4.52 Å². The minimum atomic E-state index is 0.161. The number of aromatic amines is 1. The van der Waals surface area contributed by atoms with Crippen molar-refractivity contribution in [2.45, 2.75) is 51.4 Å². The van der Waals surface area contributed by atoms with Gasteiger partial charge in [-0.3, -0.25) is 4.79 Å². The summed E-state index contributed by atoms with van der Waals surface area (Å²) >= 11 is 0. The quantitative estimate of drug-likeness (QED) is 0.417. The second-order valence-electron chi connectivity index (χ2n) is 9.23. The third kappa shape index (κ3) is 4.56. The molecule has 3 heterocycles. The van der Waals surface area contributed by atoms with Crippen molar-refractivity contribution in [3.05, 3.63) is 71.7 Å². The smallest absolute Gasteiger partial charge is 0.227 e. The highest BCUT2D eigenvalue weighted by molar-refractivity contribution is 5.83. The molecule has 1 fully saturated rings. The molecule has 33 heavy (non-hydrogen) atoms. The maximum atomic E-state index is 12.8. The lowest BCUT2D eigenvalue weighted by Gasteiger charge is -2.32. The number of nitrogens with one attached hydrogen (secondary N) is 1. The number of hydrogen-bond acceptors (Lipinski definition) is 4. The molecule has 4 aromatic rings. The van der Waals surface area contributed by atoms with Gasteiger partial charge in [0.05, 0.1) is 0 Å². The highest BCUT2D eigenvalue weighted by Crippen LogP contribution is 2.33. The Morgan fingerprint density at radius 2 is 1.88 bits per heavy atom. The minimum Gasteiger partial charge on any atom is -0.361 e. The Hall–Kier alpha value is -3.41. The van der Waals surface area contributed by atoms with E-state index in [1.165, 1.54) is 22.0 Å². The Bertz CT molecular complexity index is 1230. The van der Waals surface area contributed by atoms with Gasteiger partial charge in [0.1, 0.15) is 0 Å². The molecule has 6 nitrogen and oxygen atoms in total. The molecular weight excluding hydrogens is 412 g/mol. The fourth-order valence-corrected chi connectivity index (χ4v) is 4.73. The van der Waals surface area contributed by atoms with Crippen LogP contribution in [-0.2, 0) is 11.2 Å². The van der Waals surface area contributed by atoms with Gasteiger partial charge in [0.25, 0.3) is 0 Å². The molecule has 1 aliphatic rings. The zero-order chi connectivity index (χ0) is 22.8. The number of piperidine rings is 1. The fraction of sp³-hybridized carbons (Fsp3) is 0.370. The molecule has 2 aromatic heterocycles. The summed E-state index contributed by atoms with van der Waals surface area (Å²) in [6.45, 7) is 5.92. The number of H-pyrrole nitrogens is 1. The average molecular weight is 443 g/mol. The molecule has 170 valence electrons. The molecular formula is C27H30N4O2. The van der Waals surface area contributed by atoms with Gasteiger partial charge in [0, 0.05) is 48.6 Å². The maximum Gasteiger partial charge on any atom is 0.227 e. The van der Waals surface area contributed by atoms with E-state index in [0.717, 1.165) is 31.5 Å². The molecule has 1 saturated heterocycles. The number of likely N-dealkylation sites (tertiary alicyclic amines) is 1. The number of aromatic nitrogens is 3. The molecule has 0 spiro atoms. The standard InChI is InChI=1S/C27H30N4O2/c1-18(2)19-7-9-21(10-8-19)27-29-25(33-30-27)11-12-26(32)31-15-13-20(14-16-31)23-17-28-24-6-4-3-5-22(23)24/h3-10,17-18,20,28H,11-16H2,1-2H3. The van der Waals surface area contributed by atoms with Gasteiger partial charge in [-0.25, -0.2) is 0 Å². The second-order valence-corrected chi connectivity index (χ2v) is 9.23. The van der Waals surface area contributed by atoms with Gasteiger partial charge < -0.3 is 14.4 Å². The average Bonchev–Trinajstić information content (AvgIpc) is 3.50. The van der Waals surface area contributed by atoms with Crippen LogP contribution in [-0.4, -0.2) is 39.0 Å². The van der Waals surface area contributed by atoms with Crippen LogP contribution < -0.4 is 0 Å². The largest absolute Gasteiger partial charge is 0.361 e. The molecule has 0 atom stereocenters. The van der Waals surface area contributed by atoms with Crippen LogP contribution in [0.4, 0.5) is 0 Å². The summed E-state index contributed by atoms with van der Waals surface area (Å²) in [6, 6.07) is 16.7. The molecule has 0 radical (unpaired) electrons. The van der Waals surface area contributed by atoms with Crippen LogP contribution in [0.2, 0.25) is 0 Å². The predicted molar refractivity (Wildman–Crippen MR) is 129 cm³/mol. The number of nitrogens with zero attached hydrogens (tertiary/aromatic N) is 3. The summed E-state index contributed by atoms with van der Waals surface area (Å²) in [4.78, 5) is 22.6.